The van der Waals surface area contributed by atoms with Gasteiger partial charge in [0.05, 0.1) is 6.61 Å². The maximum atomic E-state index is 12.0. The highest BCUT2D eigenvalue weighted by atomic mass is 79.9. The molecule has 5 heteroatoms. The second-order valence-electron chi connectivity index (χ2n) is 4.33. The van der Waals surface area contributed by atoms with Crippen LogP contribution in [0.25, 0.3) is 0 Å². The third-order valence-electron chi connectivity index (χ3n) is 2.63. The van der Waals surface area contributed by atoms with E-state index in [9.17, 15) is 4.79 Å². The molecule has 0 heterocycles. The highest BCUT2D eigenvalue weighted by Gasteiger charge is 2.33. The Labute approximate surface area is 127 Å². The summed E-state index contributed by atoms with van der Waals surface area (Å²) in [6.45, 7) is 6.84. The molecule has 1 rings (SSSR count). The van der Waals surface area contributed by atoms with Gasteiger partial charge in [-0.25, -0.2) is 0 Å². The smallest absolute Gasteiger partial charge is 0.326 e. The lowest BCUT2D eigenvalue weighted by Gasteiger charge is -2.27. The Hall–Kier alpha value is -0.520. The first-order valence-electron chi connectivity index (χ1n) is 6.32. The maximum absolute atomic E-state index is 12.0. The van der Waals surface area contributed by atoms with Crippen molar-refractivity contribution in [3.63, 3.8) is 0 Å². The van der Waals surface area contributed by atoms with E-state index in [-0.39, 0.29) is 5.97 Å². The summed E-state index contributed by atoms with van der Waals surface area (Å²) in [5, 5.41) is 3.22. The predicted molar refractivity (Wildman–Crippen MR) is 83.6 cm³/mol. The number of nitrogens with one attached hydrogen (secondary N) is 1. The Morgan fingerprint density at radius 3 is 2.53 bits per heavy atom. The minimum absolute atomic E-state index is 0.193. The van der Waals surface area contributed by atoms with Crippen molar-refractivity contribution < 1.29 is 9.53 Å². The summed E-state index contributed by atoms with van der Waals surface area (Å²) in [6, 6.07) is 8.06. The fourth-order valence-electron chi connectivity index (χ4n) is 1.62. The molecule has 0 saturated carbocycles. The largest absolute Gasteiger partial charge is 0.465 e. The van der Waals surface area contributed by atoms with Crippen LogP contribution in [-0.4, -0.2) is 30.4 Å². The monoisotopic (exact) mass is 345 g/mol. The zero-order chi connectivity index (χ0) is 14.3. The van der Waals surface area contributed by atoms with Crippen molar-refractivity contribution in [1.82, 2.24) is 5.32 Å². The van der Waals surface area contributed by atoms with Crippen molar-refractivity contribution in [3.05, 3.63) is 28.7 Å². The van der Waals surface area contributed by atoms with E-state index in [2.05, 4.69) is 21.2 Å². The lowest BCUT2D eigenvalue weighted by Crippen LogP contribution is -2.52. The van der Waals surface area contributed by atoms with E-state index in [0.717, 1.165) is 15.9 Å². The minimum atomic E-state index is -0.650. The van der Waals surface area contributed by atoms with Gasteiger partial charge in [-0.05, 0) is 44.7 Å². The number of hydrogen-bond donors (Lipinski definition) is 1. The van der Waals surface area contributed by atoms with Gasteiger partial charge in [0.25, 0.3) is 0 Å². The van der Waals surface area contributed by atoms with Crippen molar-refractivity contribution in [2.45, 2.75) is 31.2 Å². The first kappa shape index (κ1) is 16.5. The van der Waals surface area contributed by atoms with Gasteiger partial charge in [-0.2, -0.15) is 0 Å². The molecule has 1 aromatic rings. The van der Waals surface area contributed by atoms with Gasteiger partial charge in [0, 0.05) is 15.1 Å². The van der Waals surface area contributed by atoms with Gasteiger partial charge in [-0.3, -0.25) is 4.79 Å². The quantitative estimate of drug-likeness (QED) is 0.606. The van der Waals surface area contributed by atoms with Crippen molar-refractivity contribution in [2.75, 3.05) is 18.9 Å². The number of hydrogen-bond acceptors (Lipinski definition) is 4. The molecule has 1 aromatic carbocycles. The maximum Gasteiger partial charge on any atom is 0.326 e. The van der Waals surface area contributed by atoms with Crippen LogP contribution in [0.4, 0.5) is 0 Å². The number of likely N-dealkylation sites (N-methyl/N-ethyl adjacent to an activating group) is 1. The normalized spacial score (nSPS) is 13.9. The van der Waals surface area contributed by atoms with E-state index in [1.807, 2.05) is 45.0 Å². The van der Waals surface area contributed by atoms with Crippen LogP contribution in [0.3, 0.4) is 0 Å². The molecule has 3 nitrogen and oxygen atoms in total. The predicted octanol–water partition coefficient (Wildman–Crippen LogP) is 3.47. The highest BCUT2D eigenvalue weighted by Crippen LogP contribution is 2.25. The van der Waals surface area contributed by atoms with E-state index in [0.29, 0.717) is 12.4 Å². The van der Waals surface area contributed by atoms with Crippen LogP contribution in [0.15, 0.2) is 33.6 Å². The van der Waals surface area contributed by atoms with E-state index < -0.39 is 5.54 Å². The molecule has 0 bridgehead atoms. The molecule has 0 aromatic heterocycles. The van der Waals surface area contributed by atoms with Gasteiger partial charge >= 0.3 is 5.97 Å². The molecule has 19 heavy (non-hydrogen) atoms. The summed E-state index contributed by atoms with van der Waals surface area (Å²) in [4.78, 5) is 13.2. The molecular formula is C14H20BrNO2S. The fraction of sp³-hybridized carbons (Fsp3) is 0.500. The summed E-state index contributed by atoms with van der Waals surface area (Å²) in [6.07, 6.45) is 0. The van der Waals surface area contributed by atoms with Gasteiger partial charge in [-0.1, -0.05) is 22.9 Å². The van der Waals surface area contributed by atoms with Crippen LogP contribution >= 0.6 is 27.7 Å². The molecule has 0 aliphatic carbocycles. The molecule has 0 saturated heterocycles. The van der Waals surface area contributed by atoms with Crippen LogP contribution in [0.5, 0.6) is 0 Å². The van der Waals surface area contributed by atoms with Crippen molar-refractivity contribution in [2.24, 2.45) is 0 Å². The molecule has 0 amide bonds. The molecule has 0 fully saturated rings. The van der Waals surface area contributed by atoms with Gasteiger partial charge in [0.1, 0.15) is 5.54 Å². The standard InChI is InChI=1S/C14H20BrNO2S/c1-4-16-14(3,13(17)18-5-2)10-19-12-8-6-11(15)7-9-12/h6-9,16H,4-5,10H2,1-3H3. The first-order chi connectivity index (χ1) is 9.01. The summed E-state index contributed by atoms with van der Waals surface area (Å²) in [5.41, 5.74) is -0.650. The van der Waals surface area contributed by atoms with Crippen LogP contribution in [0.2, 0.25) is 0 Å². The molecule has 1 atom stereocenters. The Morgan fingerprint density at radius 2 is 2.00 bits per heavy atom. The number of benzene rings is 1. The second kappa shape index (κ2) is 7.92. The molecule has 0 aliphatic rings. The topological polar surface area (TPSA) is 38.3 Å². The van der Waals surface area contributed by atoms with E-state index in [4.69, 9.17) is 4.74 Å². The molecule has 1 N–H and O–H groups in total. The Morgan fingerprint density at radius 1 is 1.37 bits per heavy atom. The van der Waals surface area contributed by atoms with Crippen molar-refractivity contribution >= 4 is 33.7 Å². The molecule has 1 unspecified atom stereocenters. The second-order valence-corrected chi connectivity index (χ2v) is 6.29. The van der Waals surface area contributed by atoms with Gasteiger partial charge < -0.3 is 10.1 Å². The molecule has 0 radical (unpaired) electrons. The van der Waals surface area contributed by atoms with Crippen LogP contribution in [-0.2, 0) is 9.53 Å². The first-order valence-corrected chi connectivity index (χ1v) is 8.10. The average Bonchev–Trinajstić information content (AvgIpc) is 2.39. The van der Waals surface area contributed by atoms with Gasteiger partial charge in [0.15, 0.2) is 0 Å². The van der Waals surface area contributed by atoms with Crippen LogP contribution < -0.4 is 5.32 Å². The summed E-state index contributed by atoms with van der Waals surface area (Å²) >= 11 is 5.05. The third kappa shape index (κ3) is 5.16. The number of rotatable bonds is 7. The molecular weight excluding hydrogens is 326 g/mol. The number of esters is 1. The Balaban J connectivity index is 2.67. The molecule has 106 valence electrons. The van der Waals surface area contributed by atoms with Gasteiger partial charge in [0.2, 0.25) is 0 Å². The van der Waals surface area contributed by atoms with E-state index in [1.54, 1.807) is 11.8 Å². The number of halogens is 1. The van der Waals surface area contributed by atoms with Gasteiger partial charge in [-0.15, -0.1) is 11.8 Å². The number of thioether (sulfide) groups is 1. The Bertz CT molecular complexity index is 410. The van der Waals surface area contributed by atoms with Crippen LogP contribution in [0, 0.1) is 0 Å². The van der Waals surface area contributed by atoms with Crippen molar-refractivity contribution in [3.8, 4) is 0 Å². The number of ether oxygens (including phenoxy) is 1. The van der Waals surface area contributed by atoms with Crippen molar-refractivity contribution in [1.29, 1.82) is 0 Å². The fourth-order valence-corrected chi connectivity index (χ4v) is 2.89. The SMILES string of the molecule is CCNC(C)(CSc1ccc(Br)cc1)C(=O)OCC. The summed E-state index contributed by atoms with van der Waals surface area (Å²) in [7, 11) is 0. The summed E-state index contributed by atoms with van der Waals surface area (Å²) in [5.74, 6) is 0.447. The minimum Gasteiger partial charge on any atom is -0.465 e. The van der Waals surface area contributed by atoms with E-state index >= 15 is 0 Å². The third-order valence-corrected chi connectivity index (χ3v) is 4.49. The Kier molecular flexibility index (Phi) is 6.89. The number of carbonyl (C=O) groups is 1. The zero-order valence-corrected chi connectivity index (χ0v) is 13.9. The average molecular weight is 346 g/mol. The highest BCUT2D eigenvalue weighted by molar-refractivity contribution is 9.10. The van der Waals surface area contributed by atoms with E-state index in [1.165, 1.54) is 0 Å². The lowest BCUT2D eigenvalue weighted by molar-refractivity contribution is -0.149. The summed E-state index contributed by atoms with van der Waals surface area (Å²) < 4.78 is 6.20. The van der Waals surface area contributed by atoms with Crippen LogP contribution in [0.1, 0.15) is 20.8 Å². The zero-order valence-electron chi connectivity index (χ0n) is 11.5. The molecule has 0 aliphatic heterocycles. The molecule has 0 spiro atoms. The lowest BCUT2D eigenvalue weighted by atomic mass is 10.1. The number of carbonyl (C=O) groups excluding carboxylic acids is 1.